The topological polar surface area (TPSA) is 29.1 Å². The summed E-state index contributed by atoms with van der Waals surface area (Å²) in [6.45, 7) is 0.473. The molecule has 2 rings (SSSR count). The standard InChI is InChI=1S/C16H14BrCl2NO/c17-14(9-12-3-1-2-4-15(12)19)16(21)20-10-11-5-7-13(18)8-6-11/h1-8,14H,9-10H2,(H,20,21). The molecule has 0 aliphatic heterocycles. The van der Waals surface area contributed by atoms with Crippen LogP contribution in [0.25, 0.3) is 0 Å². The Kier molecular flexibility index (Phi) is 6.09. The smallest absolute Gasteiger partial charge is 0.234 e. The van der Waals surface area contributed by atoms with Gasteiger partial charge < -0.3 is 5.32 Å². The van der Waals surface area contributed by atoms with Crippen molar-refractivity contribution in [3.8, 4) is 0 Å². The third-order valence-corrected chi connectivity index (χ3v) is 4.38. The summed E-state index contributed by atoms with van der Waals surface area (Å²) in [5, 5.41) is 4.24. The van der Waals surface area contributed by atoms with Crippen LogP contribution < -0.4 is 5.32 Å². The van der Waals surface area contributed by atoms with Crippen LogP contribution in [0.15, 0.2) is 48.5 Å². The molecule has 2 aromatic rings. The number of halogens is 3. The van der Waals surface area contributed by atoms with Gasteiger partial charge in [0.1, 0.15) is 0 Å². The van der Waals surface area contributed by atoms with Crippen LogP contribution in [-0.4, -0.2) is 10.7 Å². The number of benzene rings is 2. The number of carbonyl (C=O) groups excluding carboxylic acids is 1. The zero-order valence-electron chi connectivity index (χ0n) is 11.2. The number of amides is 1. The zero-order chi connectivity index (χ0) is 15.2. The highest BCUT2D eigenvalue weighted by Crippen LogP contribution is 2.19. The van der Waals surface area contributed by atoms with E-state index in [1.165, 1.54) is 0 Å². The third kappa shape index (κ3) is 5.03. The lowest BCUT2D eigenvalue weighted by molar-refractivity contribution is -0.120. The average Bonchev–Trinajstić information content (AvgIpc) is 2.48. The van der Waals surface area contributed by atoms with Gasteiger partial charge in [0.05, 0.1) is 4.83 Å². The molecular formula is C16H14BrCl2NO. The largest absolute Gasteiger partial charge is 0.351 e. The van der Waals surface area contributed by atoms with Crippen LogP contribution in [0.1, 0.15) is 11.1 Å². The number of hydrogen-bond acceptors (Lipinski definition) is 1. The van der Waals surface area contributed by atoms with Crippen molar-refractivity contribution in [2.75, 3.05) is 0 Å². The van der Waals surface area contributed by atoms with E-state index in [4.69, 9.17) is 23.2 Å². The lowest BCUT2D eigenvalue weighted by Crippen LogP contribution is -2.31. The van der Waals surface area contributed by atoms with Gasteiger partial charge in [0.15, 0.2) is 0 Å². The summed E-state index contributed by atoms with van der Waals surface area (Å²) in [6, 6.07) is 14.9. The van der Waals surface area contributed by atoms with E-state index >= 15 is 0 Å². The second-order valence-corrected chi connectivity index (χ2v) is 6.56. The van der Waals surface area contributed by atoms with Crippen molar-refractivity contribution in [2.24, 2.45) is 0 Å². The molecule has 5 heteroatoms. The summed E-state index contributed by atoms with van der Waals surface area (Å²) in [4.78, 5) is 11.8. The van der Waals surface area contributed by atoms with Gasteiger partial charge in [-0.2, -0.15) is 0 Å². The van der Waals surface area contributed by atoms with Gasteiger partial charge in [0.25, 0.3) is 0 Å². The van der Waals surface area contributed by atoms with Gasteiger partial charge in [-0.25, -0.2) is 0 Å². The lowest BCUT2D eigenvalue weighted by Gasteiger charge is -2.12. The summed E-state index contributed by atoms with van der Waals surface area (Å²) >= 11 is 15.3. The number of carbonyl (C=O) groups is 1. The van der Waals surface area contributed by atoms with Crippen LogP contribution in [0.2, 0.25) is 10.0 Å². The van der Waals surface area contributed by atoms with E-state index in [0.29, 0.717) is 23.0 Å². The monoisotopic (exact) mass is 385 g/mol. The summed E-state index contributed by atoms with van der Waals surface area (Å²) in [6.07, 6.45) is 0.548. The Balaban J connectivity index is 1.88. The van der Waals surface area contributed by atoms with Crippen LogP contribution in [0, 0.1) is 0 Å². The van der Waals surface area contributed by atoms with E-state index < -0.39 is 0 Å². The minimum Gasteiger partial charge on any atom is -0.351 e. The highest BCUT2D eigenvalue weighted by molar-refractivity contribution is 9.10. The van der Waals surface area contributed by atoms with E-state index in [2.05, 4.69) is 21.2 Å². The normalized spacial score (nSPS) is 12.0. The maximum Gasteiger partial charge on any atom is 0.234 e. The number of nitrogens with one attached hydrogen (secondary N) is 1. The predicted molar refractivity (Wildman–Crippen MR) is 91.2 cm³/mol. The van der Waals surface area contributed by atoms with Crippen LogP contribution in [0.3, 0.4) is 0 Å². The van der Waals surface area contributed by atoms with Gasteiger partial charge in [-0.1, -0.05) is 69.5 Å². The fraction of sp³-hybridized carbons (Fsp3) is 0.188. The first kappa shape index (κ1) is 16.3. The van der Waals surface area contributed by atoms with Crippen molar-refractivity contribution in [3.63, 3.8) is 0 Å². The fourth-order valence-electron chi connectivity index (χ4n) is 1.85. The number of rotatable bonds is 5. The highest BCUT2D eigenvalue weighted by atomic mass is 79.9. The Hall–Kier alpha value is -1.03. The average molecular weight is 387 g/mol. The van der Waals surface area contributed by atoms with E-state index in [0.717, 1.165) is 11.1 Å². The molecule has 0 aliphatic rings. The summed E-state index contributed by atoms with van der Waals surface area (Å²) < 4.78 is 0. The minimum absolute atomic E-state index is 0.0649. The molecule has 1 unspecified atom stereocenters. The van der Waals surface area contributed by atoms with Gasteiger partial charge in [-0.3, -0.25) is 4.79 Å². The number of hydrogen-bond donors (Lipinski definition) is 1. The maximum atomic E-state index is 12.1. The molecule has 1 N–H and O–H groups in total. The Labute approximate surface area is 142 Å². The first-order valence-electron chi connectivity index (χ1n) is 6.46. The van der Waals surface area contributed by atoms with E-state index in [9.17, 15) is 4.79 Å². The summed E-state index contributed by atoms with van der Waals surface area (Å²) in [5.74, 6) is -0.0649. The molecule has 2 aromatic carbocycles. The van der Waals surface area contributed by atoms with Crippen LogP contribution >= 0.6 is 39.1 Å². The molecule has 0 heterocycles. The molecule has 0 bridgehead atoms. The Morgan fingerprint density at radius 3 is 2.43 bits per heavy atom. The van der Waals surface area contributed by atoms with Crippen molar-refractivity contribution in [1.29, 1.82) is 0 Å². The molecule has 0 aliphatic carbocycles. The van der Waals surface area contributed by atoms with Gasteiger partial charge in [-0.05, 0) is 35.7 Å². The van der Waals surface area contributed by atoms with Crippen LogP contribution in [-0.2, 0) is 17.8 Å². The van der Waals surface area contributed by atoms with Crippen molar-refractivity contribution >= 4 is 45.0 Å². The Morgan fingerprint density at radius 1 is 1.10 bits per heavy atom. The molecule has 21 heavy (non-hydrogen) atoms. The second kappa shape index (κ2) is 7.83. The van der Waals surface area contributed by atoms with Gasteiger partial charge in [0, 0.05) is 16.6 Å². The molecule has 0 saturated carbocycles. The molecule has 0 radical (unpaired) electrons. The molecule has 0 fully saturated rings. The van der Waals surface area contributed by atoms with Crippen molar-refractivity contribution < 1.29 is 4.79 Å². The van der Waals surface area contributed by atoms with Crippen molar-refractivity contribution in [2.45, 2.75) is 17.8 Å². The molecular weight excluding hydrogens is 373 g/mol. The molecule has 0 saturated heterocycles. The summed E-state index contributed by atoms with van der Waals surface area (Å²) in [7, 11) is 0. The highest BCUT2D eigenvalue weighted by Gasteiger charge is 2.16. The molecule has 1 atom stereocenters. The van der Waals surface area contributed by atoms with E-state index in [1.807, 2.05) is 36.4 Å². The first-order chi connectivity index (χ1) is 10.1. The second-order valence-electron chi connectivity index (χ2n) is 4.61. The van der Waals surface area contributed by atoms with E-state index in [1.54, 1.807) is 12.1 Å². The minimum atomic E-state index is -0.315. The van der Waals surface area contributed by atoms with Gasteiger partial charge in [0.2, 0.25) is 5.91 Å². The van der Waals surface area contributed by atoms with Gasteiger partial charge >= 0.3 is 0 Å². The molecule has 0 spiro atoms. The number of alkyl halides is 1. The third-order valence-electron chi connectivity index (χ3n) is 3.02. The van der Waals surface area contributed by atoms with E-state index in [-0.39, 0.29) is 10.7 Å². The fourth-order valence-corrected chi connectivity index (χ4v) is 2.70. The quantitative estimate of drug-likeness (QED) is 0.746. The summed E-state index contributed by atoms with van der Waals surface area (Å²) in [5.41, 5.74) is 1.95. The van der Waals surface area contributed by atoms with Gasteiger partial charge in [-0.15, -0.1) is 0 Å². The lowest BCUT2D eigenvalue weighted by atomic mass is 10.1. The first-order valence-corrected chi connectivity index (χ1v) is 8.13. The van der Waals surface area contributed by atoms with Crippen LogP contribution in [0.4, 0.5) is 0 Å². The predicted octanol–water partition coefficient (Wildman–Crippen LogP) is 4.62. The molecule has 0 aromatic heterocycles. The zero-order valence-corrected chi connectivity index (χ0v) is 14.3. The Bertz CT molecular complexity index is 616. The SMILES string of the molecule is O=C(NCc1ccc(Cl)cc1)C(Br)Cc1ccccc1Cl. The van der Waals surface area contributed by atoms with Crippen molar-refractivity contribution in [3.05, 3.63) is 69.7 Å². The van der Waals surface area contributed by atoms with Crippen LogP contribution in [0.5, 0.6) is 0 Å². The maximum absolute atomic E-state index is 12.1. The molecule has 2 nitrogen and oxygen atoms in total. The Morgan fingerprint density at radius 2 is 1.76 bits per heavy atom. The molecule has 110 valence electrons. The van der Waals surface area contributed by atoms with Crippen molar-refractivity contribution in [1.82, 2.24) is 5.32 Å². The molecule has 1 amide bonds.